The first-order valence-electron chi connectivity index (χ1n) is 5.68. The van der Waals surface area contributed by atoms with Gasteiger partial charge < -0.3 is 10.5 Å². The van der Waals surface area contributed by atoms with Crippen LogP contribution in [0, 0.1) is 5.41 Å². The van der Waals surface area contributed by atoms with Gasteiger partial charge in [-0.25, -0.2) is 0 Å². The molecule has 0 heterocycles. The van der Waals surface area contributed by atoms with E-state index in [1.807, 2.05) is 12.1 Å². The van der Waals surface area contributed by atoms with Crippen molar-refractivity contribution in [3.63, 3.8) is 0 Å². The summed E-state index contributed by atoms with van der Waals surface area (Å²) in [5, 5.41) is 8.54. The number of nitrogens with two attached hydrogens (primary N) is 1. The third kappa shape index (κ3) is 3.45. The molecule has 6 heteroatoms. The largest absolute Gasteiger partial charge is 0.488 e. The van der Waals surface area contributed by atoms with Gasteiger partial charge in [-0.15, -0.1) is 0 Å². The van der Waals surface area contributed by atoms with Crippen LogP contribution in [-0.4, -0.2) is 5.84 Å². The first-order chi connectivity index (χ1) is 9.49. The lowest BCUT2D eigenvalue weighted by Crippen LogP contribution is -2.14. The number of halogens is 3. The Labute approximate surface area is 135 Å². The molecule has 20 heavy (non-hydrogen) atoms. The molecule has 2 rings (SSSR count). The Kier molecular flexibility index (Phi) is 4.91. The van der Waals surface area contributed by atoms with Gasteiger partial charge in [0.05, 0.1) is 10.6 Å². The van der Waals surface area contributed by atoms with Gasteiger partial charge in [0.1, 0.15) is 18.2 Å². The second-order valence-corrected chi connectivity index (χ2v) is 5.78. The van der Waals surface area contributed by atoms with Crippen molar-refractivity contribution in [1.29, 1.82) is 5.41 Å². The van der Waals surface area contributed by atoms with E-state index in [-0.39, 0.29) is 12.4 Å². The Morgan fingerprint density at radius 2 is 1.95 bits per heavy atom. The van der Waals surface area contributed by atoms with E-state index in [0.717, 1.165) is 10.0 Å². The molecule has 0 spiro atoms. The van der Waals surface area contributed by atoms with Crippen LogP contribution >= 0.6 is 39.1 Å². The van der Waals surface area contributed by atoms with Crippen LogP contribution in [0.2, 0.25) is 10.0 Å². The molecule has 0 aliphatic carbocycles. The summed E-state index contributed by atoms with van der Waals surface area (Å²) in [5.41, 5.74) is 6.75. The Hall–Kier alpha value is -1.23. The van der Waals surface area contributed by atoms with Gasteiger partial charge in [-0.2, -0.15) is 0 Å². The van der Waals surface area contributed by atoms with E-state index < -0.39 is 0 Å². The van der Waals surface area contributed by atoms with Gasteiger partial charge in [-0.3, -0.25) is 5.41 Å². The van der Waals surface area contributed by atoms with Crippen LogP contribution in [0.4, 0.5) is 0 Å². The normalized spacial score (nSPS) is 10.3. The second kappa shape index (κ2) is 6.48. The van der Waals surface area contributed by atoms with Crippen molar-refractivity contribution in [3.8, 4) is 5.75 Å². The maximum absolute atomic E-state index is 7.55. The number of benzene rings is 2. The first kappa shape index (κ1) is 15.2. The van der Waals surface area contributed by atoms with Gasteiger partial charge in [-0.05, 0) is 24.3 Å². The highest BCUT2D eigenvalue weighted by atomic mass is 79.9. The van der Waals surface area contributed by atoms with Gasteiger partial charge in [0.15, 0.2) is 0 Å². The molecule has 0 radical (unpaired) electrons. The lowest BCUT2D eigenvalue weighted by Gasteiger charge is -2.12. The zero-order chi connectivity index (χ0) is 14.7. The van der Waals surface area contributed by atoms with Gasteiger partial charge in [-0.1, -0.05) is 51.3 Å². The maximum atomic E-state index is 7.55. The van der Waals surface area contributed by atoms with Gasteiger partial charge in [0.2, 0.25) is 0 Å². The number of nitrogens with one attached hydrogen (secondary N) is 1. The minimum Gasteiger partial charge on any atom is -0.488 e. The molecule has 0 unspecified atom stereocenters. The molecule has 3 N–H and O–H groups in total. The molecule has 0 saturated heterocycles. The minimum absolute atomic E-state index is 0.132. The Balaban J connectivity index is 2.23. The van der Waals surface area contributed by atoms with E-state index in [9.17, 15) is 0 Å². The predicted molar refractivity (Wildman–Crippen MR) is 86.0 cm³/mol. The molecule has 3 nitrogen and oxygen atoms in total. The van der Waals surface area contributed by atoms with Crippen molar-refractivity contribution >= 4 is 45.0 Å². The first-order valence-corrected chi connectivity index (χ1v) is 7.23. The van der Waals surface area contributed by atoms with Crippen molar-refractivity contribution in [1.82, 2.24) is 0 Å². The highest BCUT2D eigenvalue weighted by Crippen LogP contribution is 2.28. The van der Waals surface area contributed by atoms with Crippen LogP contribution in [0.3, 0.4) is 0 Å². The van der Waals surface area contributed by atoms with Crippen molar-refractivity contribution in [2.75, 3.05) is 0 Å². The summed E-state index contributed by atoms with van der Waals surface area (Å²) in [6, 6.07) is 10.7. The average molecular weight is 374 g/mol. The number of amidine groups is 1. The van der Waals surface area contributed by atoms with Gasteiger partial charge in [0.25, 0.3) is 0 Å². The van der Waals surface area contributed by atoms with Crippen LogP contribution in [0.15, 0.2) is 40.9 Å². The number of ether oxygens (including phenoxy) is 1. The quantitative estimate of drug-likeness (QED) is 0.606. The second-order valence-electron chi connectivity index (χ2n) is 4.05. The van der Waals surface area contributed by atoms with E-state index in [0.29, 0.717) is 21.4 Å². The van der Waals surface area contributed by atoms with E-state index >= 15 is 0 Å². The van der Waals surface area contributed by atoms with Crippen molar-refractivity contribution in [2.24, 2.45) is 5.73 Å². The van der Waals surface area contributed by atoms with E-state index in [1.54, 1.807) is 24.3 Å². The lowest BCUT2D eigenvalue weighted by atomic mass is 10.2. The van der Waals surface area contributed by atoms with Crippen molar-refractivity contribution < 1.29 is 4.74 Å². The fourth-order valence-electron chi connectivity index (χ4n) is 1.68. The lowest BCUT2D eigenvalue weighted by molar-refractivity contribution is 0.305. The molecule has 0 amide bonds. The summed E-state index contributed by atoms with van der Waals surface area (Å²) in [6.07, 6.45) is 0. The molecular formula is C14H11BrCl2N2O. The number of nitrogen functional groups attached to an aromatic ring is 1. The maximum Gasteiger partial charge on any atom is 0.132 e. The molecule has 0 aliphatic rings. The number of hydrogen-bond acceptors (Lipinski definition) is 2. The van der Waals surface area contributed by atoms with E-state index in [2.05, 4.69) is 15.9 Å². The molecule has 0 bridgehead atoms. The van der Waals surface area contributed by atoms with Crippen LogP contribution < -0.4 is 10.5 Å². The third-order valence-electron chi connectivity index (χ3n) is 2.64. The zero-order valence-corrected chi connectivity index (χ0v) is 13.4. The highest BCUT2D eigenvalue weighted by Gasteiger charge is 2.12. The van der Waals surface area contributed by atoms with Gasteiger partial charge >= 0.3 is 0 Å². The standard InChI is InChI=1S/C14H11BrCl2N2O/c15-9-5-4-8(11(17)6-9)7-20-12-3-1-2-10(16)13(12)14(18)19/h1-6H,7H2,(H3,18,19). The van der Waals surface area contributed by atoms with E-state index in [1.165, 1.54) is 0 Å². The minimum atomic E-state index is -0.132. The SMILES string of the molecule is N=C(N)c1c(Cl)cccc1OCc1ccc(Br)cc1Cl. The molecule has 2 aromatic carbocycles. The van der Waals surface area contributed by atoms with Crippen molar-refractivity contribution in [2.45, 2.75) is 6.61 Å². The van der Waals surface area contributed by atoms with Gasteiger partial charge in [0, 0.05) is 15.1 Å². The summed E-state index contributed by atoms with van der Waals surface area (Å²) >= 11 is 15.5. The predicted octanol–water partition coefficient (Wildman–Crippen LogP) is 4.62. The fraction of sp³-hybridized carbons (Fsp3) is 0.0714. The highest BCUT2D eigenvalue weighted by molar-refractivity contribution is 9.10. The molecule has 0 saturated carbocycles. The molecule has 2 aromatic rings. The topological polar surface area (TPSA) is 59.1 Å². The molecule has 0 aliphatic heterocycles. The van der Waals surface area contributed by atoms with Crippen LogP contribution in [0.25, 0.3) is 0 Å². The summed E-state index contributed by atoms with van der Waals surface area (Å²) in [6.45, 7) is 0.271. The smallest absolute Gasteiger partial charge is 0.132 e. The van der Waals surface area contributed by atoms with Crippen LogP contribution in [0.1, 0.15) is 11.1 Å². The number of hydrogen-bond donors (Lipinski definition) is 2. The van der Waals surface area contributed by atoms with Crippen LogP contribution in [-0.2, 0) is 6.61 Å². The summed E-state index contributed by atoms with van der Waals surface area (Å²) in [7, 11) is 0. The summed E-state index contributed by atoms with van der Waals surface area (Å²) < 4.78 is 6.58. The molecule has 0 aromatic heterocycles. The number of rotatable bonds is 4. The molecular weight excluding hydrogens is 363 g/mol. The third-order valence-corrected chi connectivity index (χ3v) is 3.80. The monoisotopic (exact) mass is 372 g/mol. The van der Waals surface area contributed by atoms with E-state index in [4.69, 9.17) is 39.1 Å². The van der Waals surface area contributed by atoms with Crippen molar-refractivity contribution in [3.05, 3.63) is 62.0 Å². The Bertz CT molecular complexity index is 662. The zero-order valence-electron chi connectivity index (χ0n) is 10.3. The summed E-state index contributed by atoms with van der Waals surface area (Å²) in [5.74, 6) is 0.330. The molecule has 0 atom stereocenters. The Morgan fingerprint density at radius 1 is 1.20 bits per heavy atom. The fourth-order valence-corrected chi connectivity index (χ4v) is 2.68. The Morgan fingerprint density at radius 3 is 2.60 bits per heavy atom. The molecule has 104 valence electrons. The average Bonchev–Trinajstić information content (AvgIpc) is 2.37. The molecule has 0 fully saturated rings. The van der Waals surface area contributed by atoms with Crippen LogP contribution in [0.5, 0.6) is 5.75 Å². The summed E-state index contributed by atoms with van der Waals surface area (Å²) in [4.78, 5) is 0.